The van der Waals surface area contributed by atoms with Gasteiger partial charge in [-0.1, -0.05) is 0 Å². The van der Waals surface area contributed by atoms with Gasteiger partial charge < -0.3 is 4.90 Å². The average Bonchev–Trinajstić information content (AvgIpc) is 3.24. The van der Waals surface area contributed by atoms with Gasteiger partial charge in [0.1, 0.15) is 0 Å². The lowest BCUT2D eigenvalue weighted by atomic mass is 10.1. The molecule has 1 saturated carbocycles. The number of carbonyl (C=O) groups is 1. The SMILES string of the molecule is CC(C)n1ncc2c(C(=O)N(C)Cc3cnn(C)c3)cc(C3CC3)nc21. The minimum atomic E-state index is -0.00791. The predicted molar refractivity (Wildman–Crippen MR) is 98.9 cm³/mol. The number of hydrogen-bond donors (Lipinski definition) is 0. The van der Waals surface area contributed by atoms with E-state index in [1.807, 2.05) is 31.0 Å². The van der Waals surface area contributed by atoms with Gasteiger partial charge in [0.05, 0.1) is 23.3 Å². The third-order valence-corrected chi connectivity index (χ3v) is 4.83. The second-order valence-electron chi connectivity index (χ2n) is 7.47. The molecule has 0 aliphatic heterocycles. The summed E-state index contributed by atoms with van der Waals surface area (Å²) in [5.41, 5.74) is 3.52. The quantitative estimate of drug-likeness (QED) is 0.708. The van der Waals surface area contributed by atoms with E-state index in [4.69, 9.17) is 4.98 Å². The Bertz CT molecular complexity index is 966. The molecule has 136 valence electrons. The van der Waals surface area contributed by atoms with Crippen molar-refractivity contribution in [1.29, 1.82) is 0 Å². The Hall–Kier alpha value is -2.70. The number of pyridine rings is 1. The number of aryl methyl sites for hydroxylation is 1. The highest BCUT2D eigenvalue weighted by molar-refractivity contribution is 6.05. The highest BCUT2D eigenvalue weighted by Crippen LogP contribution is 2.40. The Balaban J connectivity index is 1.73. The van der Waals surface area contributed by atoms with Crippen molar-refractivity contribution in [2.24, 2.45) is 7.05 Å². The third-order valence-electron chi connectivity index (χ3n) is 4.83. The van der Waals surface area contributed by atoms with Crippen LogP contribution < -0.4 is 0 Å². The van der Waals surface area contributed by atoms with E-state index in [0.29, 0.717) is 18.0 Å². The van der Waals surface area contributed by atoms with Crippen LogP contribution in [0, 0.1) is 0 Å². The van der Waals surface area contributed by atoms with Crippen molar-refractivity contribution in [2.75, 3.05) is 7.05 Å². The molecule has 3 aromatic heterocycles. The van der Waals surface area contributed by atoms with Crippen LogP contribution in [0.25, 0.3) is 11.0 Å². The molecule has 1 aliphatic carbocycles. The van der Waals surface area contributed by atoms with Crippen LogP contribution in [0.2, 0.25) is 0 Å². The molecule has 1 aliphatic rings. The Kier molecular flexibility index (Phi) is 4.01. The van der Waals surface area contributed by atoms with E-state index < -0.39 is 0 Å². The van der Waals surface area contributed by atoms with E-state index in [9.17, 15) is 4.79 Å². The van der Waals surface area contributed by atoms with E-state index in [-0.39, 0.29) is 11.9 Å². The lowest BCUT2D eigenvalue weighted by Crippen LogP contribution is -2.26. The summed E-state index contributed by atoms with van der Waals surface area (Å²) in [4.78, 5) is 19.7. The first-order chi connectivity index (χ1) is 12.4. The van der Waals surface area contributed by atoms with Crippen LogP contribution in [0.3, 0.4) is 0 Å². The Morgan fingerprint density at radius 1 is 1.31 bits per heavy atom. The first-order valence-corrected chi connectivity index (χ1v) is 9.05. The number of carbonyl (C=O) groups excluding carboxylic acids is 1. The lowest BCUT2D eigenvalue weighted by Gasteiger charge is -2.17. The molecular formula is C19H24N6O. The van der Waals surface area contributed by atoms with Crippen molar-refractivity contribution in [3.05, 3.63) is 41.5 Å². The Morgan fingerprint density at radius 2 is 2.08 bits per heavy atom. The van der Waals surface area contributed by atoms with Crippen molar-refractivity contribution in [1.82, 2.24) is 29.4 Å². The molecular weight excluding hydrogens is 328 g/mol. The molecule has 7 heteroatoms. The predicted octanol–water partition coefficient (Wildman–Crippen LogP) is 2.90. The van der Waals surface area contributed by atoms with Crippen LogP contribution in [0.15, 0.2) is 24.7 Å². The average molecular weight is 352 g/mol. The molecule has 3 aromatic rings. The third kappa shape index (κ3) is 2.98. The van der Waals surface area contributed by atoms with Gasteiger partial charge in [0.2, 0.25) is 0 Å². The highest BCUT2D eigenvalue weighted by Gasteiger charge is 2.29. The van der Waals surface area contributed by atoms with E-state index in [1.165, 1.54) is 0 Å². The lowest BCUT2D eigenvalue weighted by molar-refractivity contribution is 0.0787. The number of aromatic nitrogens is 5. The molecule has 1 amide bonds. The summed E-state index contributed by atoms with van der Waals surface area (Å²) in [7, 11) is 3.70. The van der Waals surface area contributed by atoms with E-state index in [0.717, 1.165) is 35.1 Å². The fraction of sp³-hybridized carbons (Fsp3) is 0.474. The molecule has 3 heterocycles. The summed E-state index contributed by atoms with van der Waals surface area (Å²) in [6, 6.07) is 2.17. The minimum Gasteiger partial charge on any atom is -0.337 e. The van der Waals surface area contributed by atoms with Gasteiger partial charge in [-0.2, -0.15) is 10.2 Å². The molecule has 0 radical (unpaired) electrons. The number of amides is 1. The normalized spacial score (nSPS) is 14.3. The molecule has 0 atom stereocenters. The van der Waals surface area contributed by atoms with Crippen LogP contribution in [-0.2, 0) is 13.6 Å². The van der Waals surface area contributed by atoms with Crippen molar-refractivity contribution in [3.63, 3.8) is 0 Å². The van der Waals surface area contributed by atoms with Gasteiger partial charge in [-0.15, -0.1) is 0 Å². The highest BCUT2D eigenvalue weighted by atomic mass is 16.2. The van der Waals surface area contributed by atoms with Gasteiger partial charge in [-0.05, 0) is 32.8 Å². The monoisotopic (exact) mass is 352 g/mol. The maximum atomic E-state index is 13.2. The molecule has 0 spiro atoms. The van der Waals surface area contributed by atoms with Crippen LogP contribution >= 0.6 is 0 Å². The summed E-state index contributed by atoms with van der Waals surface area (Å²) < 4.78 is 3.65. The first-order valence-electron chi connectivity index (χ1n) is 9.05. The molecule has 1 fully saturated rings. The van der Waals surface area contributed by atoms with E-state index in [1.54, 1.807) is 22.0 Å². The van der Waals surface area contributed by atoms with E-state index in [2.05, 4.69) is 24.0 Å². The topological polar surface area (TPSA) is 68.8 Å². The zero-order valence-electron chi connectivity index (χ0n) is 15.7. The van der Waals surface area contributed by atoms with Crippen molar-refractivity contribution < 1.29 is 4.79 Å². The van der Waals surface area contributed by atoms with Crippen LogP contribution in [0.5, 0.6) is 0 Å². The summed E-state index contributed by atoms with van der Waals surface area (Å²) in [6.07, 6.45) is 7.78. The number of hydrogen-bond acceptors (Lipinski definition) is 4. The molecule has 4 rings (SSSR count). The van der Waals surface area contributed by atoms with Gasteiger partial charge >= 0.3 is 0 Å². The molecule has 0 bridgehead atoms. The molecule has 0 unspecified atom stereocenters. The van der Waals surface area contributed by atoms with Crippen LogP contribution in [0.4, 0.5) is 0 Å². The Labute approximate surface area is 152 Å². The van der Waals surface area contributed by atoms with Crippen LogP contribution in [-0.4, -0.2) is 42.4 Å². The second-order valence-corrected chi connectivity index (χ2v) is 7.47. The standard InChI is InChI=1S/C19H24N6O/c1-12(2)25-18-16(9-21-25)15(7-17(22-18)14-5-6-14)19(26)23(3)10-13-8-20-24(4)11-13/h7-9,11-12,14H,5-6,10H2,1-4H3. The first kappa shape index (κ1) is 16.8. The van der Waals surface area contributed by atoms with Crippen molar-refractivity contribution in [3.8, 4) is 0 Å². The number of fused-ring (bicyclic) bond motifs is 1. The molecule has 0 saturated heterocycles. The maximum absolute atomic E-state index is 13.2. The molecule has 26 heavy (non-hydrogen) atoms. The zero-order chi connectivity index (χ0) is 18.4. The largest absolute Gasteiger partial charge is 0.337 e. The Morgan fingerprint density at radius 3 is 2.69 bits per heavy atom. The smallest absolute Gasteiger partial charge is 0.254 e. The maximum Gasteiger partial charge on any atom is 0.254 e. The summed E-state index contributed by atoms with van der Waals surface area (Å²) in [6.45, 7) is 4.68. The summed E-state index contributed by atoms with van der Waals surface area (Å²) in [5, 5.41) is 9.48. The van der Waals surface area contributed by atoms with Gasteiger partial charge in [0.25, 0.3) is 5.91 Å². The van der Waals surface area contributed by atoms with Gasteiger partial charge in [0, 0.05) is 50.1 Å². The fourth-order valence-corrected chi connectivity index (χ4v) is 3.29. The zero-order valence-corrected chi connectivity index (χ0v) is 15.7. The fourth-order valence-electron chi connectivity index (χ4n) is 3.29. The van der Waals surface area contributed by atoms with Gasteiger partial charge in [-0.3, -0.25) is 9.48 Å². The molecule has 0 aromatic carbocycles. The second kappa shape index (κ2) is 6.23. The van der Waals surface area contributed by atoms with Crippen LogP contribution in [0.1, 0.15) is 60.3 Å². The van der Waals surface area contributed by atoms with Gasteiger partial charge in [0.15, 0.2) is 5.65 Å². The van der Waals surface area contributed by atoms with Crippen molar-refractivity contribution in [2.45, 2.75) is 45.2 Å². The molecule has 7 nitrogen and oxygen atoms in total. The minimum absolute atomic E-state index is 0.00791. The van der Waals surface area contributed by atoms with Gasteiger partial charge in [-0.25, -0.2) is 9.67 Å². The van der Waals surface area contributed by atoms with E-state index >= 15 is 0 Å². The van der Waals surface area contributed by atoms with Crippen molar-refractivity contribution >= 4 is 16.9 Å². The summed E-state index contributed by atoms with van der Waals surface area (Å²) in [5.74, 6) is 0.469. The number of rotatable bonds is 5. The number of nitrogens with zero attached hydrogens (tertiary/aromatic N) is 6. The molecule has 0 N–H and O–H groups in total. The summed E-state index contributed by atoms with van der Waals surface area (Å²) >= 11 is 0.